The van der Waals surface area contributed by atoms with E-state index in [1.165, 1.54) is 0 Å². The molecule has 4 atom stereocenters. The molecule has 2 rings (SSSR count). The number of carbonyl (C=O) groups excluding carboxylic acids is 2. The molecule has 0 bridgehead atoms. The lowest BCUT2D eigenvalue weighted by Gasteiger charge is -2.43. The van der Waals surface area contributed by atoms with Crippen LogP contribution in [-0.2, 0) is 28.5 Å². The van der Waals surface area contributed by atoms with Crippen LogP contribution >= 0.6 is 0 Å². The van der Waals surface area contributed by atoms with Crippen LogP contribution in [0.2, 0.25) is 0 Å². The first kappa shape index (κ1) is 21.1. The number of amides is 2. The number of carbonyl (C=O) groups is 2. The van der Waals surface area contributed by atoms with Crippen molar-refractivity contribution in [1.82, 2.24) is 5.32 Å². The fraction of sp³-hybridized carbons (Fsp3) is 0.889. The Labute approximate surface area is 155 Å². The molecule has 0 radical (unpaired) electrons. The van der Waals surface area contributed by atoms with Gasteiger partial charge in [-0.1, -0.05) is 25.7 Å². The van der Waals surface area contributed by atoms with E-state index in [0.717, 1.165) is 38.5 Å². The molecule has 0 aromatic heterocycles. The zero-order valence-electron chi connectivity index (χ0n) is 15.6. The number of ether oxygens (including phenoxy) is 4. The Kier molecular flexibility index (Phi) is 9.31. The summed E-state index contributed by atoms with van der Waals surface area (Å²) in [5.41, 5.74) is 5.10. The van der Waals surface area contributed by atoms with E-state index in [9.17, 15) is 9.59 Å². The third kappa shape index (κ3) is 7.19. The fourth-order valence-corrected chi connectivity index (χ4v) is 3.30. The van der Waals surface area contributed by atoms with Gasteiger partial charge in [0.25, 0.3) is 0 Å². The zero-order chi connectivity index (χ0) is 18.8. The summed E-state index contributed by atoms with van der Waals surface area (Å²) in [7, 11) is 0. The molecule has 0 spiro atoms. The van der Waals surface area contributed by atoms with Crippen molar-refractivity contribution in [1.29, 1.82) is 0 Å². The molecular weight excluding hydrogens is 340 g/mol. The monoisotopic (exact) mass is 372 g/mol. The number of unbranched alkanes of at least 4 members (excludes halogenated alkanes) is 5. The van der Waals surface area contributed by atoms with Crippen molar-refractivity contribution in [2.24, 2.45) is 5.73 Å². The molecule has 8 heteroatoms. The number of rotatable bonds is 11. The first-order valence-electron chi connectivity index (χ1n) is 9.59. The predicted octanol–water partition coefficient (Wildman–Crippen LogP) is 1.21. The van der Waals surface area contributed by atoms with E-state index in [1.54, 1.807) is 0 Å². The van der Waals surface area contributed by atoms with E-state index < -0.39 is 0 Å². The Morgan fingerprint density at radius 3 is 2.23 bits per heavy atom. The Balaban J connectivity index is 1.52. The second kappa shape index (κ2) is 11.5. The Morgan fingerprint density at radius 1 is 0.885 bits per heavy atom. The van der Waals surface area contributed by atoms with Crippen LogP contribution in [0.15, 0.2) is 0 Å². The van der Waals surface area contributed by atoms with Crippen molar-refractivity contribution in [2.45, 2.75) is 82.7 Å². The summed E-state index contributed by atoms with van der Waals surface area (Å²) < 4.78 is 22.2. The van der Waals surface area contributed by atoms with Gasteiger partial charge < -0.3 is 30.0 Å². The number of nitrogens with one attached hydrogen (secondary N) is 1. The highest BCUT2D eigenvalue weighted by atomic mass is 16.8. The fourth-order valence-electron chi connectivity index (χ4n) is 3.30. The van der Waals surface area contributed by atoms with Crippen molar-refractivity contribution in [2.75, 3.05) is 20.1 Å². The molecule has 2 fully saturated rings. The second-order valence-electron chi connectivity index (χ2n) is 6.97. The Morgan fingerprint density at radius 2 is 1.50 bits per heavy atom. The lowest BCUT2D eigenvalue weighted by atomic mass is 10.0. The van der Waals surface area contributed by atoms with E-state index in [0.29, 0.717) is 19.4 Å². The molecule has 0 aliphatic carbocycles. The highest BCUT2D eigenvalue weighted by Gasteiger charge is 2.42. The van der Waals surface area contributed by atoms with Crippen LogP contribution in [0.3, 0.4) is 0 Å². The maximum atomic E-state index is 12.0. The zero-order valence-corrected chi connectivity index (χ0v) is 15.6. The normalized spacial score (nSPS) is 28.3. The first-order chi connectivity index (χ1) is 12.6. The van der Waals surface area contributed by atoms with Gasteiger partial charge in [0.05, 0.1) is 6.10 Å². The van der Waals surface area contributed by atoms with Crippen LogP contribution in [0, 0.1) is 0 Å². The highest BCUT2D eigenvalue weighted by Crippen LogP contribution is 2.25. The van der Waals surface area contributed by atoms with Crippen molar-refractivity contribution in [3.05, 3.63) is 0 Å². The molecule has 2 aliphatic heterocycles. The van der Waals surface area contributed by atoms with Gasteiger partial charge in [0.15, 0.2) is 0 Å². The smallest absolute Gasteiger partial charge is 0.220 e. The molecule has 0 saturated carbocycles. The van der Waals surface area contributed by atoms with E-state index in [2.05, 4.69) is 5.32 Å². The van der Waals surface area contributed by atoms with Crippen LogP contribution in [0.5, 0.6) is 0 Å². The summed E-state index contributed by atoms with van der Waals surface area (Å²) >= 11 is 0. The minimum Gasteiger partial charge on any atom is -0.370 e. The maximum Gasteiger partial charge on any atom is 0.220 e. The SMILES string of the molecule is C[C@H]1OCO[C@H]2[C@@H]1OCO[C@@H]2CNC(=O)CCCCCCCCC(N)=O. The van der Waals surface area contributed by atoms with Crippen molar-refractivity contribution in [3.63, 3.8) is 0 Å². The molecule has 2 heterocycles. The van der Waals surface area contributed by atoms with Gasteiger partial charge in [0.1, 0.15) is 31.9 Å². The molecule has 150 valence electrons. The first-order valence-corrected chi connectivity index (χ1v) is 9.59. The summed E-state index contributed by atoms with van der Waals surface area (Å²) in [6, 6.07) is 0. The van der Waals surface area contributed by atoms with E-state index >= 15 is 0 Å². The molecule has 8 nitrogen and oxygen atoms in total. The molecule has 2 amide bonds. The van der Waals surface area contributed by atoms with Crippen LogP contribution in [0.4, 0.5) is 0 Å². The number of fused-ring (bicyclic) bond motifs is 1. The van der Waals surface area contributed by atoms with E-state index in [-0.39, 0.29) is 49.8 Å². The van der Waals surface area contributed by atoms with Crippen LogP contribution in [-0.4, -0.2) is 56.4 Å². The number of hydrogen-bond donors (Lipinski definition) is 2. The Hall–Kier alpha value is -1.22. The summed E-state index contributed by atoms with van der Waals surface area (Å²) in [5, 5.41) is 2.93. The standard InChI is InChI=1S/C18H32N2O6/c1-13-17-18(26-11-23-13)14(24-12-25-17)10-20-16(22)9-7-5-3-2-4-6-8-15(19)21/h13-14,17-18H,2-12H2,1H3,(H2,19,21)(H,20,22)/t13-,14-,17-,18-/m1/s1. The average Bonchev–Trinajstić information content (AvgIpc) is 2.62. The molecule has 3 N–H and O–H groups in total. The molecule has 0 aromatic carbocycles. The summed E-state index contributed by atoms with van der Waals surface area (Å²) in [4.78, 5) is 22.6. The molecule has 0 aromatic rings. The van der Waals surface area contributed by atoms with Gasteiger partial charge in [-0.15, -0.1) is 0 Å². The number of primary amides is 1. The van der Waals surface area contributed by atoms with Gasteiger partial charge >= 0.3 is 0 Å². The van der Waals surface area contributed by atoms with Gasteiger partial charge in [-0.25, -0.2) is 0 Å². The number of hydrogen-bond acceptors (Lipinski definition) is 6. The lowest BCUT2D eigenvalue weighted by Crippen LogP contribution is -2.58. The molecule has 0 unspecified atom stereocenters. The van der Waals surface area contributed by atoms with Gasteiger partial charge in [-0.2, -0.15) is 0 Å². The van der Waals surface area contributed by atoms with Crippen molar-refractivity contribution >= 4 is 11.8 Å². The van der Waals surface area contributed by atoms with Gasteiger partial charge in [-0.3, -0.25) is 9.59 Å². The highest BCUT2D eigenvalue weighted by molar-refractivity contribution is 5.75. The van der Waals surface area contributed by atoms with Crippen molar-refractivity contribution in [3.8, 4) is 0 Å². The van der Waals surface area contributed by atoms with Crippen LogP contribution in [0.25, 0.3) is 0 Å². The Bertz CT molecular complexity index is 447. The summed E-state index contributed by atoms with van der Waals surface area (Å²) in [6.07, 6.45) is 6.25. The van der Waals surface area contributed by atoms with E-state index in [1.807, 2.05) is 6.92 Å². The van der Waals surface area contributed by atoms with E-state index in [4.69, 9.17) is 24.7 Å². The predicted molar refractivity (Wildman–Crippen MR) is 94.0 cm³/mol. The second-order valence-corrected chi connectivity index (χ2v) is 6.97. The summed E-state index contributed by atoms with van der Waals surface area (Å²) in [6.45, 7) is 2.78. The van der Waals surface area contributed by atoms with Crippen LogP contribution < -0.4 is 11.1 Å². The minimum absolute atomic E-state index is 0.0329. The van der Waals surface area contributed by atoms with Gasteiger partial charge in [0.2, 0.25) is 11.8 Å². The molecular formula is C18H32N2O6. The third-order valence-electron chi connectivity index (χ3n) is 4.86. The van der Waals surface area contributed by atoms with Gasteiger partial charge in [0, 0.05) is 19.4 Å². The maximum absolute atomic E-state index is 12.0. The lowest BCUT2D eigenvalue weighted by molar-refractivity contribution is -0.318. The third-order valence-corrected chi connectivity index (χ3v) is 4.86. The average molecular weight is 372 g/mol. The topological polar surface area (TPSA) is 109 Å². The number of nitrogens with two attached hydrogens (primary N) is 1. The van der Waals surface area contributed by atoms with Crippen molar-refractivity contribution < 1.29 is 28.5 Å². The summed E-state index contributed by atoms with van der Waals surface area (Å²) in [5.74, 6) is -0.201. The quantitative estimate of drug-likeness (QED) is 0.528. The van der Waals surface area contributed by atoms with Crippen LogP contribution in [0.1, 0.15) is 58.3 Å². The van der Waals surface area contributed by atoms with Gasteiger partial charge in [-0.05, 0) is 19.8 Å². The molecule has 26 heavy (non-hydrogen) atoms. The largest absolute Gasteiger partial charge is 0.370 e. The molecule has 2 aliphatic rings. The minimum atomic E-state index is -0.234. The molecule has 2 saturated heterocycles.